The van der Waals surface area contributed by atoms with Gasteiger partial charge >= 0.3 is 7.12 Å². The highest BCUT2D eigenvalue weighted by atomic mass is 35.5. The lowest BCUT2D eigenvalue weighted by Gasteiger charge is -2.32. The van der Waals surface area contributed by atoms with E-state index >= 15 is 0 Å². The number of benzene rings is 1. The van der Waals surface area contributed by atoms with Crippen LogP contribution in [0.5, 0.6) is 0 Å². The first-order valence-corrected chi connectivity index (χ1v) is 6.67. The van der Waals surface area contributed by atoms with Crippen molar-refractivity contribution in [2.45, 2.75) is 38.9 Å². The lowest BCUT2D eigenvalue weighted by molar-refractivity contribution is 0.00578. The maximum Gasteiger partial charge on any atom is 0.514 e. The quantitative estimate of drug-likeness (QED) is 0.823. The summed E-state index contributed by atoms with van der Waals surface area (Å²) in [7, 11) is -0.450. The maximum atomic E-state index is 6.04. The largest absolute Gasteiger partial charge is 0.514 e. The van der Waals surface area contributed by atoms with E-state index < -0.39 is 7.12 Å². The van der Waals surface area contributed by atoms with Gasteiger partial charge in [0.25, 0.3) is 0 Å². The molecule has 1 fully saturated rings. The molecule has 0 radical (unpaired) electrons. The summed E-state index contributed by atoms with van der Waals surface area (Å²) in [6.45, 7) is 8.11. The van der Waals surface area contributed by atoms with Gasteiger partial charge in [0.1, 0.15) is 0 Å². The monoisotopic (exact) mass is 314 g/mol. The Labute approximate surface area is 129 Å². The summed E-state index contributed by atoms with van der Waals surface area (Å²) in [6.07, 6.45) is 0. The molecule has 20 heavy (non-hydrogen) atoms. The van der Waals surface area contributed by atoms with Gasteiger partial charge in [-0.25, -0.2) is 0 Å². The molecule has 1 aliphatic rings. The van der Waals surface area contributed by atoms with Crippen LogP contribution in [-0.4, -0.2) is 28.5 Å². The number of hydrogen-bond acceptors (Lipinski definition) is 3. The van der Waals surface area contributed by atoms with E-state index in [0.29, 0.717) is 5.02 Å². The van der Waals surface area contributed by atoms with Gasteiger partial charge < -0.3 is 9.31 Å². The van der Waals surface area contributed by atoms with Crippen LogP contribution in [0, 0.1) is 0 Å². The Morgan fingerprint density at radius 1 is 1.15 bits per heavy atom. The number of halogens is 2. The van der Waals surface area contributed by atoms with Gasteiger partial charge in [-0.1, -0.05) is 11.6 Å². The molecule has 1 aromatic carbocycles. The van der Waals surface area contributed by atoms with Crippen LogP contribution >= 0.6 is 24.0 Å². The molecule has 0 unspecified atom stereocenters. The number of H-pyrrole nitrogens is 1. The molecule has 1 saturated heterocycles. The molecule has 0 saturated carbocycles. The van der Waals surface area contributed by atoms with E-state index in [-0.39, 0.29) is 23.6 Å². The molecule has 1 aromatic heterocycles. The van der Waals surface area contributed by atoms with Gasteiger partial charge in [0.15, 0.2) is 0 Å². The predicted molar refractivity (Wildman–Crippen MR) is 84.1 cm³/mol. The van der Waals surface area contributed by atoms with Crippen molar-refractivity contribution in [3.8, 4) is 0 Å². The van der Waals surface area contributed by atoms with Crippen LogP contribution in [0.25, 0.3) is 10.9 Å². The SMILES string of the molecule is CC1(C)OB(c2[nH]nc3ccc(Cl)cc23)OC1(C)C.Cl. The van der Waals surface area contributed by atoms with Crippen molar-refractivity contribution < 1.29 is 9.31 Å². The van der Waals surface area contributed by atoms with Crippen LogP contribution in [0.4, 0.5) is 0 Å². The molecule has 3 rings (SSSR count). The number of nitrogens with one attached hydrogen (secondary N) is 1. The molecule has 0 aliphatic carbocycles. The first kappa shape index (κ1) is 15.6. The summed E-state index contributed by atoms with van der Waals surface area (Å²) >= 11 is 6.04. The van der Waals surface area contributed by atoms with E-state index in [9.17, 15) is 0 Å². The predicted octanol–water partition coefficient (Wildman–Crippen LogP) is 2.94. The Kier molecular flexibility index (Phi) is 3.84. The lowest BCUT2D eigenvalue weighted by Crippen LogP contribution is -2.41. The fourth-order valence-corrected chi connectivity index (χ4v) is 2.31. The number of aromatic amines is 1. The Balaban J connectivity index is 0.00000147. The van der Waals surface area contributed by atoms with Gasteiger partial charge in [0.05, 0.1) is 22.3 Å². The number of rotatable bonds is 1. The third kappa shape index (κ3) is 2.33. The molecule has 0 bridgehead atoms. The first-order valence-electron chi connectivity index (χ1n) is 6.29. The Bertz CT molecular complexity index is 626. The van der Waals surface area contributed by atoms with Crippen LogP contribution < -0.4 is 5.59 Å². The molecule has 108 valence electrons. The van der Waals surface area contributed by atoms with E-state index in [4.69, 9.17) is 20.9 Å². The first-order chi connectivity index (χ1) is 8.80. The Morgan fingerprint density at radius 2 is 1.75 bits per heavy atom. The zero-order valence-electron chi connectivity index (χ0n) is 11.9. The summed E-state index contributed by atoms with van der Waals surface area (Å²) in [5.74, 6) is 0. The second-order valence-corrected chi connectivity index (χ2v) is 6.32. The van der Waals surface area contributed by atoms with Gasteiger partial charge in [-0.2, -0.15) is 5.10 Å². The smallest absolute Gasteiger partial charge is 0.398 e. The average molecular weight is 315 g/mol. The third-order valence-electron chi connectivity index (χ3n) is 4.03. The molecule has 0 amide bonds. The van der Waals surface area contributed by atoms with Crippen molar-refractivity contribution in [2.24, 2.45) is 0 Å². The molecule has 2 heterocycles. The molecule has 7 heteroatoms. The van der Waals surface area contributed by atoms with Crippen LogP contribution in [0.15, 0.2) is 18.2 Å². The summed E-state index contributed by atoms with van der Waals surface area (Å²) < 4.78 is 12.0. The summed E-state index contributed by atoms with van der Waals surface area (Å²) in [4.78, 5) is 0. The van der Waals surface area contributed by atoms with Gasteiger partial charge in [-0.05, 0) is 45.9 Å². The summed E-state index contributed by atoms with van der Waals surface area (Å²) in [5.41, 5.74) is 0.937. The minimum Gasteiger partial charge on any atom is -0.398 e. The minimum absolute atomic E-state index is 0. The fourth-order valence-electron chi connectivity index (χ4n) is 2.14. The van der Waals surface area contributed by atoms with E-state index in [0.717, 1.165) is 16.5 Å². The highest BCUT2D eigenvalue weighted by Crippen LogP contribution is 2.36. The minimum atomic E-state index is -0.450. The summed E-state index contributed by atoms with van der Waals surface area (Å²) in [5, 5.41) is 8.86. The molecular formula is C13H17BCl2N2O2. The number of aromatic nitrogens is 2. The Hall–Kier alpha value is -0.745. The molecule has 2 aromatic rings. The standard InChI is InChI=1S/C13H16BClN2O2.ClH/c1-12(2)13(3,4)19-14(18-12)11-9-7-8(15)5-6-10(9)16-17-11;/h5-7H,1-4H3,(H,16,17);1H. The van der Waals surface area contributed by atoms with Crippen molar-refractivity contribution in [1.82, 2.24) is 10.2 Å². The van der Waals surface area contributed by atoms with E-state index in [2.05, 4.69) is 10.2 Å². The normalized spacial score (nSPS) is 20.1. The second-order valence-electron chi connectivity index (χ2n) is 5.89. The molecule has 1 aliphatic heterocycles. The molecule has 1 N–H and O–H groups in total. The van der Waals surface area contributed by atoms with Crippen molar-refractivity contribution in [2.75, 3.05) is 0 Å². The van der Waals surface area contributed by atoms with Crippen molar-refractivity contribution in [3.63, 3.8) is 0 Å². The number of fused-ring (bicyclic) bond motifs is 1. The maximum absolute atomic E-state index is 6.04. The van der Waals surface area contributed by atoms with Crippen LogP contribution in [-0.2, 0) is 9.31 Å². The van der Waals surface area contributed by atoms with Crippen LogP contribution in [0.1, 0.15) is 27.7 Å². The highest BCUT2D eigenvalue weighted by molar-refractivity contribution is 6.64. The zero-order chi connectivity index (χ0) is 13.8. The zero-order valence-corrected chi connectivity index (χ0v) is 13.4. The van der Waals surface area contributed by atoms with Gasteiger partial charge in [-0.3, -0.25) is 5.10 Å². The summed E-state index contributed by atoms with van der Waals surface area (Å²) in [6, 6.07) is 5.57. The third-order valence-corrected chi connectivity index (χ3v) is 4.27. The van der Waals surface area contributed by atoms with Crippen molar-refractivity contribution >= 4 is 47.6 Å². The van der Waals surface area contributed by atoms with Crippen LogP contribution in [0.3, 0.4) is 0 Å². The molecule has 0 spiro atoms. The van der Waals surface area contributed by atoms with E-state index in [1.165, 1.54) is 0 Å². The molecule has 4 nitrogen and oxygen atoms in total. The van der Waals surface area contributed by atoms with E-state index in [1.54, 1.807) is 0 Å². The molecule has 0 atom stereocenters. The number of nitrogens with zero attached hydrogens (tertiary/aromatic N) is 1. The van der Waals surface area contributed by atoms with Crippen molar-refractivity contribution in [1.29, 1.82) is 0 Å². The topological polar surface area (TPSA) is 47.1 Å². The van der Waals surface area contributed by atoms with Crippen LogP contribution in [0.2, 0.25) is 5.02 Å². The fraction of sp³-hybridized carbons (Fsp3) is 0.462. The van der Waals surface area contributed by atoms with Gasteiger partial charge in [0.2, 0.25) is 0 Å². The Morgan fingerprint density at radius 3 is 2.35 bits per heavy atom. The van der Waals surface area contributed by atoms with Gasteiger partial charge in [0, 0.05) is 10.4 Å². The van der Waals surface area contributed by atoms with Crippen molar-refractivity contribution in [3.05, 3.63) is 23.2 Å². The molecular weight excluding hydrogens is 298 g/mol. The second kappa shape index (κ2) is 4.91. The van der Waals surface area contributed by atoms with E-state index in [1.807, 2.05) is 45.9 Å². The number of hydrogen-bond donors (Lipinski definition) is 1. The van der Waals surface area contributed by atoms with Gasteiger partial charge in [-0.15, -0.1) is 12.4 Å². The highest BCUT2D eigenvalue weighted by Gasteiger charge is 2.52. The average Bonchev–Trinajstić information content (AvgIpc) is 2.77. The lowest BCUT2D eigenvalue weighted by atomic mass is 9.82.